The van der Waals surface area contributed by atoms with E-state index < -0.39 is 5.82 Å². The van der Waals surface area contributed by atoms with Crippen molar-refractivity contribution < 1.29 is 9.50 Å². The van der Waals surface area contributed by atoms with Gasteiger partial charge in [-0.3, -0.25) is 0 Å². The summed E-state index contributed by atoms with van der Waals surface area (Å²) in [5.41, 5.74) is 6.86. The van der Waals surface area contributed by atoms with Crippen LogP contribution in [0.25, 0.3) is 11.3 Å². The molecule has 0 saturated heterocycles. The summed E-state index contributed by atoms with van der Waals surface area (Å²) in [6.45, 7) is 0. The topological polar surface area (TPSA) is 97.0 Å². The molecule has 8 heteroatoms. The molecule has 1 aromatic carbocycles. The third-order valence-electron chi connectivity index (χ3n) is 3.04. The lowest BCUT2D eigenvalue weighted by atomic mass is 10.1. The van der Waals surface area contributed by atoms with Gasteiger partial charge in [-0.05, 0) is 30.3 Å². The van der Waals surface area contributed by atoms with Crippen LogP contribution in [0.1, 0.15) is 0 Å². The van der Waals surface area contributed by atoms with Crippen LogP contribution < -0.4 is 11.1 Å². The summed E-state index contributed by atoms with van der Waals surface area (Å²) in [5, 5.41) is 20.6. The Bertz CT molecular complexity index is 874. The fourth-order valence-corrected chi connectivity index (χ4v) is 2.16. The highest BCUT2D eigenvalue weighted by Crippen LogP contribution is 2.30. The van der Waals surface area contributed by atoms with Crippen molar-refractivity contribution >= 4 is 28.8 Å². The number of benzene rings is 1. The van der Waals surface area contributed by atoms with E-state index in [2.05, 4.69) is 20.5 Å². The van der Waals surface area contributed by atoms with Gasteiger partial charge in [-0.15, -0.1) is 10.2 Å². The summed E-state index contributed by atoms with van der Waals surface area (Å²) < 4.78 is 13.9. The Morgan fingerprint density at radius 1 is 1.13 bits per heavy atom. The zero-order chi connectivity index (χ0) is 16.4. The first-order valence-electron chi connectivity index (χ1n) is 6.53. The number of nitrogens with zero attached hydrogens (tertiary/aromatic N) is 3. The highest BCUT2D eigenvalue weighted by Gasteiger charge is 2.12. The number of nitrogens with one attached hydrogen (secondary N) is 1. The number of aromatic hydroxyl groups is 1. The van der Waals surface area contributed by atoms with Crippen LogP contribution in [0.4, 0.5) is 21.6 Å². The molecule has 2 aromatic heterocycles. The van der Waals surface area contributed by atoms with E-state index in [1.165, 1.54) is 30.5 Å². The molecule has 0 aliphatic heterocycles. The summed E-state index contributed by atoms with van der Waals surface area (Å²) in [5.74, 6) is -0.502. The summed E-state index contributed by atoms with van der Waals surface area (Å²) in [7, 11) is 0. The summed E-state index contributed by atoms with van der Waals surface area (Å²) in [4.78, 5) is 3.87. The van der Waals surface area contributed by atoms with Gasteiger partial charge in [-0.1, -0.05) is 11.6 Å². The highest BCUT2D eigenvalue weighted by molar-refractivity contribution is 6.30. The molecule has 0 fully saturated rings. The third kappa shape index (κ3) is 3.29. The summed E-state index contributed by atoms with van der Waals surface area (Å²) in [6, 6.07) is 8.82. The molecule has 23 heavy (non-hydrogen) atoms. The monoisotopic (exact) mass is 331 g/mol. The Balaban J connectivity index is 2.01. The van der Waals surface area contributed by atoms with Crippen LogP contribution in [-0.2, 0) is 0 Å². The molecule has 0 bridgehead atoms. The number of hydrogen-bond donors (Lipinski definition) is 3. The average molecular weight is 332 g/mol. The number of anilines is 3. The Kier molecular flexibility index (Phi) is 3.94. The predicted octanol–water partition coefficient (Wildman–Crippen LogP) is 3.36. The predicted molar refractivity (Wildman–Crippen MR) is 86.0 cm³/mol. The van der Waals surface area contributed by atoms with Gasteiger partial charge < -0.3 is 16.2 Å². The minimum Gasteiger partial charge on any atom is -0.491 e. The fourth-order valence-electron chi connectivity index (χ4n) is 1.98. The summed E-state index contributed by atoms with van der Waals surface area (Å²) >= 11 is 5.88. The van der Waals surface area contributed by atoms with Gasteiger partial charge >= 0.3 is 0 Å². The molecule has 0 saturated carbocycles. The lowest BCUT2D eigenvalue weighted by molar-refractivity contribution is 0.448. The molecular formula is C15H11ClFN5O. The van der Waals surface area contributed by atoms with Gasteiger partial charge in [0.05, 0.1) is 5.69 Å². The van der Waals surface area contributed by atoms with E-state index in [4.69, 9.17) is 17.3 Å². The van der Waals surface area contributed by atoms with Gasteiger partial charge in [0.1, 0.15) is 17.3 Å². The highest BCUT2D eigenvalue weighted by atomic mass is 35.5. The summed E-state index contributed by atoms with van der Waals surface area (Å²) in [6.07, 6.45) is 1.51. The molecule has 0 radical (unpaired) electrons. The molecule has 116 valence electrons. The van der Waals surface area contributed by atoms with Gasteiger partial charge in [0.2, 0.25) is 0 Å². The molecule has 0 aliphatic rings. The number of pyridine rings is 1. The Labute approximate surface area is 135 Å². The third-order valence-corrected chi connectivity index (χ3v) is 3.27. The molecule has 6 nitrogen and oxygen atoms in total. The van der Waals surface area contributed by atoms with Crippen LogP contribution in [0, 0.1) is 5.82 Å². The number of rotatable bonds is 3. The van der Waals surface area contributed by atoms with E-state index in [1.807, 2.05) is 0 Å². The average Bonchev–Trinajstić information content (AvgIpc) is 2.52. The lowest BCUT2D eigenvalue weighted by Crippen LogP contribution is -1.98. The molecule has 0 atom stereocenters. The van der Waals surface area contributed by atoms with Gasteiger partial charge in [0, 0.05) is 28.5 Å². The van der Waals surface area contributed by atoms with Crippen molar-refractivity contribution in [2.45, 2.75) is 0 Å². The molecule has 0 unspecified atom stereocenters. The second kappa shape index (κ2) is 6.05. The molecular weight excluding hydrogens is 321 g/mol. The number of aromatic nitrogens is 3. The van der Waals surface area contributed by atoms with Crippen molar-refractivity contribution in [3.05, 3.63) is 53.4 Å². The molecule has 0 amide bonds. The van der Waals surface area contributed by atoms with Crippen molar-refractivity contribution in [2.75, 3.05) is 11.1 Å². The molecule has 2 heterocycles. The largest absolute Gasteiger partial charge is 0.491 e. The van der Waals surface area contributed by atoms with Crippen LogP contribution in [0.2, 0.25) is 5.02 Å². The second-order valence-corrected chi connectivity index (χ2v) is 5.12. The molecule has 0 spiro atoms. The van der Waals surface area contributed by atoms with E-state index >= 15 is 0 Å². The van der Waals surface area contributed by atoms with Crippen LogP contribution >= 0.6 is 11.6 Å². The van der Waals surface area contributed by atoms with E-state index in [0.29, 0.717) is 16.5 Å². The zero-order valence-corrected chi connectivity index (χ0v) is 12.4. The normalized spacial score (nSPS) is 10.5. The van der Waals surface area contributed by atoms with Gasteiger partial charge in [0.25, 0.3) is 5.88 Å². The van der Waals surface area contributed by atoms with E-state index in [9.17, 15) is 9.50 Å². The van der Waals surface area contributed by atoms with Crippen molar-refractivity contribution in [2.24, 2.45) is 0 Å². The van der Waals surface area contributed by atoms with Crippen LogP contribution in [0.3, 0.4) is 0 Å². The maximum atomic E-state index is 13.9. The maximum absolute atomic E-state index is 13.9. The van der Waals surface area contributed by atoms with Gasteiger partial charge in [-0.25, -0.2) is 9.37 Å². The molecule has 4 N–H and O–H groups in total. The minimum absolute atomic E-state index is 0.183. The van der Waals surface area contributed by atoms with E-state index in [1.54, 1.807) is 12.1 Å². The van der Waals surface area contributed by atoms with Crippen molar-refractivity contribution in [3.63, 3.8) is 0 Å². The van der Waals surface area contributed by atoms with Gasteiger partial charge in [-0.2, -0.15) is 0 Å². The Morgan fingerprint density at radius 2 is 1.96 bits per heavy atom. The number of nitrogen functional groups attached to an aromatic ring is 1. The van der Waals surface area contributed by atoms with E-state index in [0.717, 1.165) is 0 Å². The first-order chi connectivity index (χ1) is 11.0. The molecule has 0 aliphatic carbocycles. The van der Waals surface area contributed by atoms with Crippen LogP contribution in [-0.4, -0.2) is 20.3 Å². The second-order valence-electron chi connectivity index (χ2n) is 4.69. The first kappa shape index (κ1) is 15.0. The maximum Gasteiger partial charge on any atom is 0.255 e. The minimum atomic E-state index is -0.492. The lowest BCUT2D eigenvalue weighted by Gasteiger charge is -2.10. The Hall–Kier alpha value is -2.93. The molecule has 3 aromatic rings. The SMILES string of the molecule is Nc1cc(Nc2cc(-c3cc(Cl)ccc3F)nnc2O)ccn1. The number of halogens is 2. The first-order valence-corrected chi connectivity index (χ1v) is 6.91. The molecule has 3 rings (SSSR count). The quantitative estimate of drug-likeness (QED) is 0.681. The van der Waals surface area contributed by atoms with Crippen molar-refractivity contribution in [3.8, 4) is 17.1 Å². The standard InChI is InChI=1S/C15H11ClFN5O/c16-8-1-2-11(17)10(5-8)12-7-13(15(23)22-21-12)20-9-3-4-19-14(18)6-9/h1-7H,(H,22,23)(H3,18,19,20,21). The van der Waals surface area contributed by atoms with Crippen LogP contribution in [0.5, 0.6) is 5.88 Å². The van der Waals surface area contributed by atoms with Crippen molar-refractivity contribution in [1.82, 2.24) is 15.2 Å². The van der Waals surface area contributed by atoms with E-state index in [-0.39, 0.29) is 22.8 Å². The van der Waals surface area contributed by atoms with Crippen LogP contribution in [0.15, 0.2) is 42.6 Å². The smallest absolute Gasteiger partial charge is 0.255 e. The van der Waals surface area contributed by atoms with Gasteiger partial charge in [0.15, 0.2) is 0 Å². The zero-order valence-electron chi connectivity index (χ0n) is 11.7. The Morgan fingerprint density at radius 3 is 2.74 bits per heavy atom. The number of nitrogens with two attached hydrogens (primary N) is 1. The van der Waals surface area contributed by atoms with Crippen molar-refractivity contribution in [1.29, 1.82) is 0 Å². The fraction of sp³-hybridized carbons (Fsp3) is 0. The number of hydrogen-bond acceptors (Lipinski definition) is 6.